The molecule has 8 nitrogen and oxygen atoms in total. The summed E-state index contributed by atoms with van der Waals surface area (Å²) >= 11 is 6.72. The molecule has 4 aromatic carbocycles. The molecule has 2 N–H and O–H groups in total. The average Bonchev–Trinajstić information content (AvgIpc) is 2.94. The van der Waals surface area contributed by atoms with Crippen LogP contribution in [0.3, 0.4) is 0 Å². The van der Waals surface area contributed by atoms with E-state index in [1.54, 1.807) is 84.9 Å². The van der Waals surface area contributed by atoms with Crippen molar-refractivity contribution in [1.29, 1.82) is 0 Å². The van der Waals surface area contributed by atoms with E-state index in [9.17, 15) is 14.4 Å². The number of carbonyl (C=O) groups excluding carboxylic acids is 3. The zero-order chi connectivity index (χ0) is 27.8. The van der Waals surface area contributed by atoms with Crippen molar-refractivity contribution in [3.05, 3.63) is 122 Å². The number of anilines is 1. The molecule has 0 atom stereocenters. The van der Waals surface area contributed by atoms with Crippen LogP contribution >= 0.6 is 31.9 Å². The first-order valence-corrected chi connectivity index (χ1v) is 13.1. The molecule has 0 radical (unpaired) electrons. The van der Waals surface area contributed by atoms with E-state index in [1.165, 1.54) is 19.4 Å². The Labute approximate surface area is 241 Å². The van der Waals surface area contributed by atoms with Gasteiger partial charge in [-0.25, -0.2) is 10.2 Å². The number of hydrogen-bond donors (Lipinski definition) is 2. The van der Waals surface area contributed by atoms with Gasteiger partial charge in [0.1, 0.15) is 11.5 Å². The zero-order valence-corrected chi connectivity index (χ0v) is 23.7. The maximum absolute atomic E-state index is 12.7. The maximum Gasteiger partial charge on any atom is 0.343 e. The third-order valence-corrected chi connectivity index (χ3v) is 6.36. The highest BCUT2D eigenvalue weighted by Gasteiger charge is 2.13. The van der Waals surface area contributed by atoms with Crippen molar-refractivity contribution in [2.24, 2.45) is 5.10 Å². The largest absolute Gasteiger partial charge is 0.497 e. The van der Waals surface area contributed by atoms with E-state index in [1.807, 2.05) is 0 Å². The van der Waals surface area contributed by atoms with Crippen LogP contribution in [0.25, 0.3) is 0 Å². The molecule has 10 heteroatoms. The Morgan fingerprint density at radius 2 is 1.46 bits per heavy atom. The number of carbonyl (C=O) groups is 3. The molecule has 0 heterocycles. The van der Waals surface area contributed by atoms with Crippen molar-refractivity contribution in [3.8, 4) is 11.5 Å². The third-order valence-electron chi connectivity index (χ3n) is 5.34. The summed E-state index contributed by atoms with van der Waals surface area (Å²) in [5, 5.41) is 6.79. The lowest BCUT2D eigenvalue weighted by molar-refractivity contribution is 0.0733. The Morgan fingerprint density at radius 3 is 2.21 bits per heavy atom. The summed E-state index contributed by atoms with van der Waals surface area (Å²) in [5.74, 6) is -0.538. The van der Waals surface area contributed by atoms with Crippen molar-refractivity contribution in [3.63, 3.8) is 0 Å². The fourth-order valence-corrected chi connectivity index (χ4v) is 4.03. The highest BCUT2D eigenvalue weighted by atomic mass is 79.9. The van der Waals surface area contributed by atoms with Gasteiger partial charge in [-0.05, 0) is 78.9 Å². The molecule has 4 aromatic rings. The van der Waals surface area contributed by atoms with E-state index in [0.717, 1.165) is 8.95 Å². The van der Waals surface area contributed by atoms with Gasteiger partial charge in [-0.3, -0.25) is 9.59 Å². The molecular formula is C29H21Br2N3O5. The molecular weight excluding hydrogens is 630 g/mol. The fourth-order valence-electron chi connectivity index (χ4n) is 3.39. The summed E-state index contributed by atoms with van der Waals surface area (Å²) in [7, 11) is 1.52. The van der Waals surface area contributed by atoms with Gasteiger partial charge >= 0.3 is 5.97 Å². The summed E-state index contributed by atoms with van der Waals surface area (Å²) in [4.78, 5) is 37.9. The second-order valence-electron chi connectivity index (χ2n) is 8.04. The predicted molar refractivity (Wildman–Crippen MR) is 156 cm³/mol. The highest BCUT2D eigenvalue weighted by Crippen LogP contribution is 2.23. The predicted octanol–water partition coefficient (Wildman–Crippen LogP) is 6.46. The molecule has 4 rings (SSSR count). The van der Waals surface area contributed by atoms with Gasteiger partial charge in [0.05, 0.1) is 18.9 Å². The molecule has 0 saturated carbocycles. The normalized spacial score (nSPS) is 10.6. The van der Waals surface area contributed by atoms with Gasteiger partial charge in [0.25, 0.3) is 11.8 Å². The van der Waals surface area contributed by atoms with E-state index in [4.69, 9.17) is 9.47 Å². The summed E-state index contributed by atoms with van der Waals surface area (Å²) in [6, 6.07) is 25.0. The molecule has 0 aromatic heterocycles. The van der Waals surface area contributed by atoms with Gasteiger partial charge in [0.15, 0.2) is 0 Å². The number of rotatable bonds is 8. The number of ether oxygens (including phenoxy) is 2. The van der Waals surface area contributed by atoms with E-state index < -0.39 is 11.9 Å². The van der Waals surface area contributed by atoms with E-state index >= 15 is 0 Å². The minimum absolute atomic E-state index is 0.270. The molecule has 0 spiro atoms. The molecule has 0 bridgehead atoms. The van der Waals surface area contributed by atoms with Crippen molar-refractivity contribution in [2.75, 3.05) is 12.4 Å². The summed E-state index contributed by atoms with van der Waals surface area (Å²) in [6.07, 6.45) is 1.38. The molecule has 0 aliphatic carbocycles. The fraction of sp³-hybridized carbons (Fsp3) is 0.0345. The van der Waals surface area contributed by atoms with Gasteiger partial charge in [0.2, 0.25) is 0 Å². The van der Waals surface area contributed by atoms with Gasteiger partial charge in [-0.2, -0.15) is 5.10 Å². The molecule has 2 amide bonds. The summed E-state index contributed by atoms with van der Waals surface area (Å²) in [6.45, 7) is 0. The first-order chi connectivity index (χ1) is 18.8. The minimum atomic E-state index is -0.531. The molecule has 0 saturated heterocycles. The summed E-state index contributed by atoms with van der Waals surface area (Å²) in [5.41, 5.74) is 4.44. The van der Waals surface area contributed by atoms with Gasteiger partial charge < -0.3 is 14.8 Å². The van der Waals surface area contributed by atoms with Crippen LogP contribution in [0, 0.1) is 0 Å². The molecule has 0 unspecified atom stereocenters. The Kier molecular flexibility index (Phi) is 9.24. The zero-order valence-electron chi connectivity index (χ0n) is 20.5. The van der Waals surface area contributed by atoms with Crippen LogP contribution in [0.2, 0.25) is 0 Å². The van der Waals surface area contributed by atoms with Crippen LogP contribution in [-0.2, 0) is 0 Å². The lowest BCUT2D eigenvalue weighted by Crippen LogP contribution is -2.18. The number of benzene rings is 4. The van der Waals surface area contributed by atoms with Crippen LogP contribution in [0.5, 0.6) is 11.5 Å². The number of methoxy groups -OCH3 is 1. The van der Waals surface area contributed by atoms with Crippen LogP contribution in [-0.4, -0.2) is 31.1 Å². The molecule has 0 aliphatic heterocycles. The third kappa shape index (κ3) is 7.62. The average molecular weight is 651 g/mol. The quantitative estimate of drug-likeness (QED) is 0.0986. The van der Waals surface area contributed by atoms with Crippen LogP contribution < -0.4 is 20.2 Å². The molecule has 39 heavy (non-hydrogen) atoms. The number of nitrogens with zero attached hydrogens (tertiary/aromatic N) is 1. The number of hydrogen-bond acceptors (Lipinski definition) is 6. The monoisotopic (exact) mass is 649 g/mol. The number of halogens is 2. The minimum Gasteiger partial charge on any atom is -0.497 e. The van der Waals surface area contributed by atoms with E-state index in [-0.39, 0.29) is 17.2 Å². The van der Waals surface area contributed by atoms with Crippen molar-refractivity contribution < 1.29 is 23.9 Å². The molecule has 0 fully saturated rings. The SMILES string of the molecule is COc1cccc(C(=O)Nc2cccc(C(=O)NN=Cc3cc(Br)ccc3OC(=O)c3ccc(Br)cc3)c2)c1. The van der Waals surface area contributed by atoms with Crippen molar-refractivity contribution in [1.82, 2.24) is 5.43 Å². The lowest BCUT2D eigenvalue weighted by Gasteiger charge is -2.09. The van der Waals surface area contributed by atoms with E-state index in [2.05, 4.69) is 47.7 Å². The number of amides is 2. The Balaban J connectivity index is 1.42. The number of esters is 1. The Morgan fingerprint density at radius 1 is 0.769 bits per heavy atom. The van der Waals surface area contributed by atoms with Crippen LogP contribution in [0.1, 0.15) is 36.6 Å². The topological polar surface area (TPSA) is 106 Å². The van der Waals surface area contributed by atoms with Gasteiger partial charge in [-0.15, -0.1) is 0 Å². The van der Waals surface area contributed by atoms with Crippen LogP contribution in [0.15, 0.2) is 105 Å². The van der Waals surface area contributed by atoms with Crippen molar-refractivity contribution >= 4 is 61.5 Å². The molecule has 196 valence electrons. The lowest BCUT2D eigenvalue weighted by atomic mass is 10.1. The Hall–Kier alpha value is -4.28. The first kappa shape index (κ1) is 27.7. The summed E-state index contributed by atoms with van der Waals surface area (Å²) < 4.78 is 12.3. The molecule has 0 aliphatic rings. The Bertz CT molecular complexity index is 1560. The maximum atomic E-state index is 12.7. The number of nitrogens with one attached hydrogen (secondary N) is 2. The standard InChI is InChI=1S/C29H21Br2N3O5/c1-38-25-7-3-5-20(16-25)27(35)33-24-6-2-4-19(15-24)28(36)34-32-17-21-14-23(31)12-13-26(21)39-29(37)18-8-10-22(30)11-9-18/h2-17H,1H3,(H,33,35)(H,34,36). The highest BCUT2D eigenvalue weighted by molar-refractivity contribution is 9.10. The van der Waals surface area contributed by atoms with Gasteiger partial charge in [0, 0.05) is 31.3 Å². The second kappa shape index (κ2) is 13.0. The second-order valence-corrected chi connectivity index (χ2v) is 9.88. The smallest absolute Gasteiger partial charge is 0.343 e. The van der Waals surface area contributed by atoms with Gasteiger partial charge in [-0.1, -0.05) is 44.0 Å². The van der Waals surface area contributed by atoms with Crippen LogP contribution in [0.4, 0.5) is 5.69 Å². The first-order valence-electron chi connectivity index (χ1n) is 11.5. The number of hydrazone groups is 1. The van der Waals surface area contributed by atoms with Crippen molar-refractivity contribution in [2.45, 2.75) is 0 Å². The van der Waals surface area contributed by atoms with E-state index in [0.29, 0.717) is 28.1 Å².